The summed E-state index contributed by atoms with van der Waals surface area (Å²) in [5.41, 5.74) is 8.91. The van der Waals surface area contributed by atoms with Gasteiger partial charge in [-0.25, -0.2) is 0 Å². The standard InChI is InChI=1S/C16H23ClN2/c1-19-9-6-12(11-19)14-5-4-13(10-15(14)17)16(18)7-2-3-8-16/h4-5,10,12H,2-3,6-9,11,18H2,1H3. The predicted octanol–water partition coefficient (Wildman–Crippen LogP) is 3.49. The zero-order valence-electron chi connectivity index (χ0n) is 11.7. The topological polar surface area (TPSA) is 29.3 Å². The number of benzene rings is 1. The summed E-state index contributed by atoms with van der Waals surface area (Å²) >= 11 is 6.52. The van der Waals surface area contributed by atoms with Crippen LogP contribution in [0, 0.1) is 0 Å². The van der Waals surface area contributed by atoms with Crippen molar-refractivity contribution in [2.24, 2.45) is 5.73 Å². The lowest BCUT2D eigenvalue weighted by molar-refractivity contribution is 0.411. The Bertz CT molecular complexity index is 466. The molecule has 19 heavy (non-hydrogen) atoms. The molecular weight excluding hydrogens is 256 g/mol. The molecule has 2 N–H and O–H groups in total. The van der Waals surface area contributed by atoms with Gasteiger partial charge in [-0.2, -0.15) is 0 Å². The van der Waals surface area contributed by atoms with Crippen LogP contribution in [0.15, 0.2) is 18.2 Å². The average Bonchev–Trinajstić information content (AvgIpc) is 2.99. The number of hydrogen-bond donors (Lipinski definition) is 1. The second kappa shape index (κ2) is 5.08. The van der Waals surface area contributed by atoms with E-state index >= 15 is 0 Å². The monoisotopic (exact) mass is 278 g/mol. The van der Waals surface area contributed by atoms with Crippen molar-refractivity contribution >= 4 is 11.6 Å². The molecule has 1 aliphatic carbocycles. The van der Waals surface area contributed by atoms with Crippen molar-refractivity contribution in [3.63, 3.8) is 0 Å². The normalized spacial score (nSPS) is 27.0. The zero-order valence-corrected chi connectivity index (χ0v) is 12.4. The van der Waals surface area contributed by atoms with E-state index in [1.807, 2.05) is 0 Å². The third kappa shape index (κ3) is 2.54. The van der Waals surface area contributed by atoms with Crippen LogP contribution in [0.1, 0.15) is 49.1 Å². The van der Waals surface area contributed by atoms with Crippen molar-refractivity contribution in [1.29, 1.82) is 0 Å². The van der Waals surface area contributed by atoms with E-state index in [1.54, 1.807) is 0 Å². The molecule has 1 aromatic carbocycles. The summed E-state index contributed by atoms with van der Waals surface area (Å²) in [6.45, 7) is 2.29. The number of halogens is 1. The van der Waals surface area contributed by atoms with Crippen LogP contribution in [0.2, 0.25) is 5.02 Å². The molecule has 1 saturated heterocycles. The Labute approximate surface area is 120 Å². The average molecular weight is 279 g/mol. The van der Waals surface area contributed by atoms with Gasteiger partial charge in [0.05, 0.1) is 0 Å². The van der Waals surface area contributed by atoms with Gasteiger partial charge in [0.2, 0.25) is 0 Å². The van der Waals surface area contributed by atoms with Crippen LogP contribution in [0.3, 0.4) is 0 Å². The molecule has 2 aliphatic rings. The van der Waals surface area contributed by atoms with Crippen LogP contribution >= 0.6 is 11.6 Å². The fraction of sp³-hybridized carbons (Fsp3) is 0.625. The van der Waals surface area contributed by atoms with E-state index < -0.39 is 0 Å². The molecule has 1 aliphatic heterocycles. The second-order valence-corrected chi connectivity index (χ2v) is 6.75. The van der Waals surface area contributed by atoms with Gasteiger partial charge in [-0.15, -0.1) is 0 Å². The highest BCUT2D eigenvalue weighted by Gasteiger charge is 2.32. The molecule has 0 bridgehead atoms. The van der Waals surface area contributed by atoms with Crippen molar-refractivity contribution in [1.82, 2.24) is 4.90 Å². The minimum absolute atomic E-state index is 0.130. The molecular formula is C16H23ClN2. The molecule has 0 spiro atoms. The van der Waals surface area contributed by atoms with Gasteiger partial charge >= 0.3 is 0 Å². The number of nitrogens with zero attached hydrogens (tertiary/aromatic N) is 1. The molecule has 1 unspecified atom stereocenters. The smallest absolute Gasteiger partial charge is 0.0444 e. The molecule has 2 fully saturated rings. The van der Waals surface area contributed by atoms with E-state index in [0.29, 0.717) is 5.92 Å². The first-order valence-electron chi connectivity index (χ1n) is 7.36. The van der Waals surface area contributed by atoms with Crippen LogP contribution < -0.4 is 5.73 Å². The summed E-state index contributed by atoms with van der Waals surface area (Å²) in [6.07, 6.45) is 5.87. The Hall–Kier alpha value is -0.570. The fourth-order valence-electron chi connectivity index (χ4n) is 3.65. The number of hydrogen-bond acceptors (Lipinski definition) is 2. The Morgan fingerprint density at radius 3 is 2.63 bits per heavy atom. The van der Waals surface area contributed by atoms with E-state index in [-0.39, 0.29) is 5.54 Å². The third-order valence-electron chi connectivity index (χ3n) is 4.90. The lowest BCUT2D eigenvalue weighted by Gasteiger charge is -2.25. The van der Waals surface area contributed by atoms with Gasteiger partial charge in [0.15, 0.2) is 0 Å². The van der Waals surface area contributed by atoms with Crippen molar-refractivity contribution in [2.45, 2.75) is 43.6 Å². The largest absolute Gasteiger partial charge is 0.321 e. The highest BCUT2D eigenvalue weighted by atomic mass is 35.5. The van der Waals surface area contributed by atoms with Gasteiger partial charge in [0.1, 0.15) is 0 Å². The first-order chi connectivity index (χ1) is 9.08. The molecule has 104 valence electrons. The van der Waals surface area contributed by atoms with E-state index in [2.05, 4.69) is 30.1 Å². The van der Waals surface area contributed by atoms with Crippen LogP contribution in [-0.2, 0) is 5.54 Å². The molecule has 0 aromatic heterocycles. The molecule has 0 amide bonds. The zero-order chi connectivity index (χ0) is 13.5. The summed E-state index contributed by atoms with van der Waals surface area (Å²) in [4.78, 5) is 2.37. The maximum Gasteiger partial charge on any atom is 0.0444 e. The molecule has 3 heteroatoms. The Balaban J connectivity index is 1.85. The van der Waals surface area contributed by atoms with Gasteiger partial charge < -0.3 is 10.6 Å². The number of rotatable bonds is 2. The molecule has 1 atom stereocenters. The maximum absolute atomic E-state index is 6.52. The Morgan fingerprint density at radius 2 is 2.05 bits per heavy atom. The highest BCUT2D eigenvalue weighted by Crippen LogP contribution is 2.39. The highest BCUT2D eigenvalue weighted by molar-refractivity contribution is 6.31. The molecule has 1 heterocycles. The quantitative estimate of drug-likeness (QED) is 0.897. The summed E-state index contributed by atoms with van der Waals surface area (Å²) < 4.78 is 0. The SMILES string of the molecule is CN1CCC(c2ccc(C3(N)CCCC3)cc2Cl)C1. The second-order valence-electron chi connectivity index (χ2n) is 6.35. The predicted molar refractivity (Wildman–Crippen MR) is 80.6 cm³/mol. The van der Waals surface area contributed by atoms with Crippen molar-refractivity contribution in [3.05, 3.63) is 34.3 Å². The number of nitrogens with two attached hydrogens (primary N) is 1. The first kappa shape index (κ1) is 13.4. The summed E-state index contributed by atoms with van der Waals surface area (Å²) in [7, 11) is 2.18. The minimum Gasteiger partial charge on any atom is -0.321 e. The summed E-state index contributed by atoms with van der Waals surface area (Å²) in [5, 5.41) is 0.912. The van der Waals surface area contributed by atoms with Crippen molar-refractivity contribution in [2.75, 3.05) is 20.1 Å². The van der Waals surface area contributed by atoms with E-state index in [0.717, 1.165) is 24.4 Å². The van der Waals surface area contributed by atoms with Crippen molar-refractivity contribution in [3.8, 4) is 0 Å². The fourth-order valence-corrected chi connectivity index (χ4v) is 3.99. The third-order valence-corrected chi connectivity index (χ3v) is 5.23. The van der Waals surface area contributed by atoms with Crippen LogP contribution in [0.5, 0.6) is 0 Å². The molecule has 0 radical (unpaired) electrons. The minimum atomic E-state index is -0.130. The lowest BCUT2D eigenvalue weighted by Crippen LogP contribution is -2.33. The molecule has 3 rings (SSSR count). The van der Waals surface area contributed by atoms with Gasteiger partial charge in [-0.3, -0.25) is 0 Å². The van der Waals surface area contributed by atoms with Crippen LogP contribution in [-0.4, -0.2) is 25.0 Å². The Morgan fingerprint density at radius 1 is 1.32 bits per heavy atom. The van der Waals surface area contributed by atoms with Crippen LogP contribution in [0.4, 0.5) is 0 Å². The molecule has 1 aromatic rings. The number of likely N-dealkylation sites (N-methyl/N-ethyl adjacent to an activating group) is 1. The number of likely N-dealkylation sites (tertiary alicyclic amines) is 1. The van der Waals surface area contributed by atoms with Crippen LogP contribution in [0.25, 0.3) is 0 Å². The van der Waals surface area contributed by atoms with Gasteiger partial charge in [-0.05, 0) is 56.0 Å². The Kier molecular flexibility index (Phi) is 3.59. The van der Waals surface area contributed by atoms with Gasteiger partial charge in [-0.1, -0.05) is 36.6 Å². The summed E-state index contributed by atoms with van der Waals surface area (Å²) in [6, 6.07) is 6.56. The van der Waals surface area contributed by atoms with Crippen molar-refractivity contribution < 1.29 is 0 Å². The summed E-state index contributed by atoms with van der Waals surface area (Å²) in [5.74, 6) is 0.587. The van der Waals surface area contributed by atoms with Gasteiger partial charge in [0, 0.05) is 17.1 Å². The first-order valence-corrected chi connectivity index (χ1v) is 7.74. The van der Waals surface area contributed by atoms with E-state index in [4.69, 9.17) is 17.3 Å². The van der Waals surface area contributed by atoms with Gasteiger partial charge in [0.25, 0.3) is 0 Å². The lowest BCUT2D eigenvalue weighted by atomic mass is 9.87. The maximum atomic E-state index is 6.52. The van der Waals surface area contributed by atoms with E-state index in [1.165, 1.54) is 36.9 Å². The molecule has 1 saturated carbocycles. The van der Waals surface area contributed by atoms with E-state index in [9.17, 15) is 0 Å². The molecule has 2 nitrogen and oxygen atoms in total.